The molecule has 2 aliphatic carbocycles. The maximum absolute atomic E-state index is 2.53. The number of nitrogens with zero attached hydrogens (tertiary/aromatic N) is 1. The van der Waals surface area contributed by atoms with E-state index in [2.05, 4.69) is 260 Å². The van der Waals surface area contributed by atoms with E-state index in [1.165, 1.54) is 82.7 Å². The molecule has 0 aromatic heterocycles. The summed E-state index contributed by atoms with van der Waals surface area (Å²) < 4.78 is 0. The Bertz CT molecular complexity index is 3360. The summed E-state index contributed by atoms with van der Waals surface area (Å²) in [5.41, 5.74) is 16.8. The average molecular weight is 816 g/mol. The van der Waals surface area contributed by atoms with Crippen LogP contribution in [0.25, 0.3) is 54.9 Å². The Labute approximate surface area is 375 Å². The lowest BCUT2D eigenvalue weighted by atomic mass is 9.68. The zero-order chi connectivity index (χ0) is 42.5. The predicted molar refractivity (Wildman–Crippen MR) is 270 cm³/mol. The van der Waals surface area contributed by atoms with Crippen molar-refractivity contribution >= 4 is 38.6 Å². The first kappa shape index (κ1) is 37.7. The van der Waals surface area contributed by atoms with Gasteiger partial charge in [-0.05, 0) is 102 Å². The fourth-order valence-electron chi connectivity index (χ4n) is 10.9. The molecule has 1 heteroatoms. The molecule has 0 fully saturated rings. The highest BCUT2D eigenvalue weighted by atomic mass is 15.1. The minimum atomic E-state index is -0.519. The Kier molecular flexibility index (Phi) is 9.27. The van der Waals surface area contributed by atoms with Crippen molar-refractivity contribution in [2.45, 2.75) is 17.8 Å². The Hall–Kier alpha value is -8.00. The minimum Gasteiger partial charge on any atom is -0.309 e. The van der Waals surface area contributed by atoms with Crippen LogP contribution < -0.4 is 4.90 Å². The maximum atomic E-state index is 2.53. The van der Waals surface area contributed by atoms with Crippen LogP contribution in [0.5, 0.6) is 0 Å². The van der Waals surface area contributed by atoms with E-state index in [-0.39, 0.29) is 0 Å². The molecule has 0 saturated carbocycles. The highest BCUT2D eigenvalue weighted by Gasteiger charge is 2.47. The topological polar surface area (TPSA) is 3.24 Å². The highest BCUT2D eigenvalue weighted by molar-refractivity contribution is 6.08. The molecular formula is C63H45N. The van der Waals surface area contributed by atoms with Crippen molar-refractivity contribution in [3.8, 4) is 33.4 Å². The van der Waals surface area contributed by atoms with Crippen molar-refractivity contribution < 1.29 is 0 Å². The molecule has 10 aromatic carbocycles. The lowest BCUT2D eigenvalue weighted by Crippen LogP contribution is -2.28. The Balaban J connectivity index is 1.11. The van der Waals surface area contributed by atoms with Gasteiger partial charge in [0.15, 0.2) is 0 Å². The lowest BCUT2D eigenvalue weighted by molar-refractivity contribution is 0.768. The summed E-state index contributed by atoms with van der Waals surface area (Å²) in [5, 5.41) is 5.01. The van der Waals surface area contributed by atoms with Crippen molar-refractivity contribution in [3.05, 3.63) is 283 Å². The van der Waals surface area contributed by atoms with E-state index in [0.717, 1.165) is 23.5 Å². The fourth-order valence-corrected chi connectivity index (χ4v) is 10.9. The number of anilines is 3. The third kappa shape index (κ3) is 6.00. The molecule has 1 atom stereocenters. The second-order valence-electron chi connectivity index (χ2n) is 17.1. The van der Waals surface area contributed by atoms with Crippen LogP contribution >= 0.6 is 0 Å². The van der Waals surface area contributed by atoms with Crippen LogP contribution in [-0.2, 0) is 5.41 Å². The Morgan fingerprint density at radius 1 is 0.391 bits per heavy atom. The van der Waals surface area contributed by atoms with E-state index in [9.17, 15) is 0 Å². The Morgan fingerprint density at radius 3 is 1.73 bits per heavy atom. The standard InChI is InChI=1S/C63H45N/c1-5-20-44(21-6-1)51-42-43-59(55-31-16-15-30-54(51)55)64(50-39-36-46(37-40-50)53-41-38-45-22-13-14-29-52(45)61(53)47-23-7-2-8-24-47)60-35-19-34-58-62(60)56-32-17-18-33-57(56)63(58,48-25-9-3-10-26-48)49-27-11-4-12-28-49/h1-23,25-43,47H,24H2. The van der Waals surface area contributed by atoms with Crippen LogP contribution in [0.4, 0.5) is 17.1 Å². The van der Waals surface area contributed by atoms with Crippen LogP contribution in [0, 0.1) is 0 Å². The van der Waals surface area contributed by atoms with Gasteiger partial charge in [-0.25, -0.2) is 0 Å². The molecule has 0 bridgehead atoms. The van der Waals surface area contributed by atoms with E-state index in [1.54, 1.807) is 0 Å². The first-order chi connectivity index (χ1) is 31.8. The summed E-state index contributed by atoms with van der Waals surface area (Å²) in [6, 6.07) is 85.4. The third-order valence-electron chi connectivity index (χ3n) is 13.7. The molecule has 0 amide bonds. The van der Waals surface area contributed by atoms with Gasteiger partial charge in [0.25, 0.3) is 0 Å². The summed E-state index contributed by atoms with van der Waals surface area (Å²) in [7, 11) is 0. The first-order valence-electron chi connectivity index (χ1n) is 22.5. The van der Waals surface area contributed by atoms with Gasteiger partial charge in [0.05, 0.1) is 16.8 Å². The molecule has 1 unspecified atom stereocenters. The molecule has 0 heterocycles. The molecule has 0 spiro atoms. The van der Waals surface area contributed by atoms with Crippen LogP contribution in [0.2, 0.25) is 0 Å². The molecule has 302 valence electrons. The van der Waals surface area contributed by atoms with E-state index in [4.69, 9.17) is 0 Å². The third-order valence-corrected chi connectivity index (χ3v) is 13.7. The maximum Gasteiger partial charge on any atom is 0.0714 e. The number of allylic oxidation sites excluding steroid dienone is 4. The molecule has 0 radical (unpaired) electrons. The normalized spacial score (nSPS) is 14.7. The molecule has 2 aliphatic rings. The van der Waals surface area contributed by atoms with E-state index in [1.807, 2.05) is 0 Å². The van der Waals surface area contributed by atoms with Crippen molar-refractivity contribution in [2.75, 3.05) is 4.90 Å². The van der Waals surface area contributed by atoms with Crippen molar-refractivity contribution in [1.82, 2.24) is 0 Å². The lowest BCUT2D eigenvalue weighted by Gasteiger charge is -2.34. The number of benzene rings is 10. The van der Waals surface area contributed by atoms with Crippen molar-refractivity contribution in [1.29, 1.82) is 0 Å². The largest absolute Gasteiger partial charge is 0.309 e. The van der Waals surface area contributed by atoms with Crippen molar-refractivity contribution in [2.24, 2.45) is 0 Å². The fraction of sp³-hybridized carbons (Fsp3) is 0.0476. The summed E-state index contributed by atoms with van der Waals surface area (Å²) in [4.78, 5) is 2.53. The first-order valence-corrected chi connectivity index (χ1v) is 22.5. The second kappa shape index (κ2) is 15.7. The average Bonchev–Trinajstić information content (AvgIpc) is 3.69. The summed E-state index contributed by atoms with van der Waals surface area (Å²) in [6.07, 6.45) is 10.0. The number of rotatable bonds is 8. The predicted octanol–water partition coefficient (Wildman–Crippen LogP) is 16.8. The van der Waals surface area contributed by atoms with Crippen LogP contribution in [0.15, 0.2) is 255 Å². The van der Waals surface area contributed by atoms with Crippen LogP contribution in [0.1, 0.15) is 40.2 Å². The van der Waals surface area contributed by atoms with Gasteiger partial charge in [0.2, 0.25) is 0 Å². The summed E-state index contributed by atoms with van der Waals surface area (Å²) in [5.74, 6) is 0.304. The monoisotopic (exact) mass is 815 g/mol. The van der Waals surface area contributed by atoms with E-state index >= 15 is 0 Å². The Morgan fingerprint density at radius 2 is 1.00 bits per heavy atom. The molecule has 64 heavy (non-hydrogen) atoms. The van der Waals surface area contributed by atoms with Gasteiger partial charge in [-0.1, -0.05) is 231 Å². The number of fused-ring (bicyclic) bond motifs is 5. The van der Waals surface area contributed by atoms with Gasteiger partial charge in [0.1, 0.15) is 0 Å². The van der Waals surface area contributed by atoms with E-state index in [0.29, 0.717) is 5.92 Å². The number of hydrogen-bond acceptors (Lipinski definition) is 1. The number of hydrogen-bond donors (Lipinski definition) is 0. The summed E-state index contributed by atoms with van der Waals surface area (Å²) in [6.45, 7) is 0. The van der Waals surface area contributed by atoms with Gasteiger partial charge in [-0.15, -0.1) is 0 Å². The van der Waals surface area contributed by atoms with Gasteiger partial charge >= 0.3 is 0 Å². The van der Waals surface area contributed by atoms with Crippen LogP contribution in [-0.4, -0.2) is 0 Å². The van der Waals surface area contributed by atoms with Gasteiger partial charge < -0.3 is 4.90 Å². The SMILES string of the molecule is C1=CCC(c2c(-c3ccc(N(c4cccc5c4-c4ccccc4C5(c4ccccc4)c4ccccc4)c4ccc(-c5ccccc5)c5ccccc45)cc3)ccc3ccccc23)C=C1. The van der Waals surface area contributed by atoms with Gasteiger partial charge in [-0.2, -0.15) is 0 Å². The smallest absolute Gasteiger partial charge is 0.0714 e. The summed E-state index contributed by atoms with van der Waals surface area (Å²) >= 11 is 0. The minimum absolute atomic E-state index is 0.304. The molecule has 1 nitrogen and oxygen atoms in total. The van der Waals surface area contributed by atoms with Gasteiger partial charge in [-0.3, -0.25) is 0 Å². The molecular weight excluding hydrogens is 771 g/mol. The zero-order valence-corrected chi connectivity index (χ0v) is 35.5. The van der Waals surface area contributed by atoms with E-state index < -0.39 is 5.41 Å². The molecule has 10 aromatic rings. The molecule has 0 saturated heterocycles. The van der Waals surface area contributed by atoms with Gasteiger partial charge in [0, 0.05) is 22.6 Å². The molecule has 0 N–H and O–H groups in total. The van der Waals surface area contributed by atoms with Crippen molar-refractivity contribution in [3.63, 3.8) is 0 Å². The second-order valence-corrected chi connectivity index (χ2v) is 17.1. The molecule has 12 rings (SSSR count). The molecule has 0 aliphatic heterocycles. The zero-order valence-electron chi connectivity index (χ0n) is 35.5. The quantitative estimate of drug-likeness (QED) is 0.148. The highest BCUT2D eigenvalue weighted by Crippen LogP contribution is 2.60. The van der Waals surface area contributed by atoms with Crippen LogP contribution in [0.3, 0.4) is 0 Å².